The van der Waals surface area contributed by atoms with Crippen molar-refractivity contribution in [3.05, 3.63) is 35.4 Å². The fourth-order valence-corrected chi connectivity index (χ4v) is 1.95. The molecule has 0 spiro atoms. The standard InChI is InChI=1S/C13H15F3N2O/c14-13(15,16)10-4-2-9(3-5-10)8-18-11(19)12(17)6-1-7-12/h2-5H,1,6-8,17H2,(H,18,19). The number of hydrogen-bond acceptors (Lipinski definition) is 2. The van der Waals surface area contributed by atoms with Crippen LogP contribution in [0.15, 0.2) is 24.3 Å². The van der Waals surface area contributed by atoms with Crippen molar-refractivity contribution in [2.45, 2.75) is 37.5 Å². The summed E-state index contributed by atoms with van der Waals surface area (Å²) in [5.74, 6) is -0.237. The third-order valence-electron chi connectivity index (χ3n) is 3.43. The molecule has 104 valence electrons. The second-order valence-electron chi connectivity index (χ2n) is 4.89. The molecule has 1 aromatic rings. The van der Waals surface area contributed by atoms with E-state index in [2.05, 4.69) is 5.32 Å². The summed E-state index contributed by atoms with van der Waals surface area (Å²) in [6.45, 7) is 0.190. The summed E-state index contributed by atoms with van der Waals surface area (Å²) in [7, 11) is 0. The Bertz CT molecular complexity index is 464. The van der Waals surface area contributed by atoms with E-state index in [1.165, 1.54) is 12.1 Å². The minimum absolute atomic E-state index is 0.190. The lowest BCUT2D eigenvalue weighted by Gasteiger charge is -2.36. The van der Waals surface area contributed by atoms with Crippen molar-refractivity contribution in [1.82, 2.24) is 5.32 Å². The fourth-order valence-electron chi connectivity index (χ4n) is 1.95. The molecule has 1 saturated carbocycles. The van der Waals surface area contributed by atoms with Crippen molar-refractivity contribution < 1.29 is 18.0 Å². The van der Waals surface area contributed by atoms with E-state index < -0.39 is 17.3 Å². The van der Waals surface area contributed by atoms with E-state index >= 15 is 0 Å². The lowest BCUT2D eigenvalue weighted by Crippen LogP contribution is -2.58. The highest BCUT2D eigenvalue weighted by molar-refractivity contribution is 5.86. The van der Waals surface area contributed by atoms with Gasteiger partial charge in [0.2, 0.25) is 5.91 Å². The van der Waals surface area contributed by atoms with Gasteiger partial charge in [-0.2, -0.15) is 13.2 Å². The number of nitrogens with two attached hydrogens (primary N) is 1. The van der Waals surface area contributed by atoms with Crippen LogP contribution in [0.2, 0.25) is 0 Å². The molecule has 3 nitrogen and oxygen atoms in total. The molecule has 0 heterocycles. The molecule has 19 heavy (non-hydrogen) atoms. The van der Waals surface area contributed by atoms with Gasteiger partial charge in [0.05, 0.1) is 11.1 Å². The number of halogens is 3. The number of rotatable bonds is 3. The Balaban J connectivity index is 1.92. The Hall–Kier alpha value is -1.56. The first-order chi connectivity index (χ1) is 8.81. The number of alkyl halides is 3. The largest absolute Gasteiger partial charge is 0.416 e. The van der Waals surface area contributed by atoms with E-state index in [0.717, 1.165) is 18.6 Å². The molecule has 0 saturated heterocycles. The lowest BCUT2D eigenvalue weighted by molar-refractivity contribution is -0.137. The summed E-state index contributed by atoms with van der Waals surface area (Å²) in [5.41, 5.74) is 4.96. The molecule has 0 bridgehead atoms. The van der Waals surface area contributed by atoms with E-state index in [0.29, 0.717) is 18.4 Å². The molecule has 1 aromatic carbocycles. The van der Waals surface area contributed by atoms with Crippen molar-refractivity contribution in [3.8, 4) is 0 Å². The zero-order valence-electron chi connectivity index (χ0n) is 10.3. The van der Waals surface area contributed by atoms with Gasteiger partial charge in [-0.05, 0) is 37.0 Å². The Morgan fingerprint density at radius 2 is 1.84 bits per heavy atom. The fraction of sp³-hybridized carbons (Fsp3) is 0.462. The average molecular weight is 272 g/mol. The highest BCUT2D eigenvalue weighted by Gasteiger charge is 2.39. The van der Waals surface area contributed by atoms with Gasteiger partial charge in [-0.3, -0.25) is 4.79 Å². The van der Waals surface area contributed by atoms with Crippen LogP contribution < -0.4 is 11.1 Å². The Morgan fingerprint density at radius 3 is 2.26 bits per heavy atom. The van der Waals surface area contributed by atoms with E-state index in [-0.39, 0.29) is 12.5 Å². The number of carbonyl (C=O) groups is 1. The number of nitrogens with one attached hydrogen (secondary N) is 1. The first kappa shape index (κ1) is 13.9. The van der Waals surface area contributed by atoms with Crippen molar-refractivity contribution in [1.29, 1.82) is 0 Å². The van der Waals surface area contributed by atoms with Gasteiger partial charge in [0.1, 0.15) is 0 Å². The highest BCUT2D eigenvalue weighted by atomic mass is 19.4. The van der Waals surface area contributed by atoms with Crippen LogP contribution in [0.1, 0.15) is 30.4 Å². The second kappa shape index (κ2) is 4.85. The molecule has 1 aliphatic rings. The summed E-state index contributed by atoms with van der Waals surface area (Å²) in [6.07, 6.45) is -2.09. The van der Waals surface area contributed by atoms with Crippen LogP contribution in [0.25, 0.3) is 0 Å². The third-order valence-corrected chi connectivity index (χ3v) is 3.43. The van der Waals surface area contributed by atoms with Crippen LogP contribution in [0.5, 0.6) is 0 Å². The number of benzene rings is 1. The van der Waals surface area contributed by atoms with Gasteiger partial charge in [-0.15, -0.1) is 0 Å². The summed E-state index contributed by atoms with van der Waals surface area (Å²) in [5, 5.41) is 2.65. The maximum absolute atomic E-state index is 12.4. The minimum Gasteiger partial charge on any atom is -0.350 e. The molecule has 1 aliphatic carbocycles. The summed E-state index contributed by atoms with van der Waals surface area (Å²) in [6, 6.07) is 4.71. The molecule has 0 aliphatic heterocycles. The Labute approximate surface area is 109 Å². The minimum atomic E-state index is -4.34. The van der Waals surface area contributed by atoms with Gasteiger partial charge in [0, 0.05) is 6.54 Å². The van der Waals surface area contributed by atoms with Crippen molar-refractivity contribution >= 4 is 5.91 Å². The van der Waals surface area contributed by atoms with E-state index in [4.69, 9.17) is 5.73 Å². The first-order valence-electron chi connectivity index (χ1n) is 6.05. The number of carbonyl (C=O) groups excluding carboxylic acids is 1. The van der Waals surface area contributed by atoms with Gasteiger partial charge in [-0.1, -0.05) is 12.1 Å². The molecular formula is C13H15F3N2O. The van der Waals surface area contributed by atoms with Crippen LogP contribution >= 0.6 is 0 Å². The topological polar surface area (TPSA) is 55.1 Å². The molecule has 0 radical (unpaired) electrons. The molecule has 0 unspecified atom stereocenters. The highest BCUT2D eigenvalue weighted by Crippen LogP contribution is 2.30. The average Bonchev–Trinajstić information content (AvgIpc) is 2.32. The zero-order chi connectivity index (χ0) is 14.1. The second-order valence-corrected chi connectivity index (χ2v) is 4.89. The molecule has 0 aromatic heterocycles. The van der Waals surface area contributed by atoms with Gasteiger partial charge in [0.25, 0.3) is 0 Å². The SMILES string of the molecule is NC1(C(=O)NCc2ccc(C(F)(F)F)cc2)CCC1. The predicted molar refractivity (Wildman–Crippen MR) is 64.1 cm³/mol. The number of hydrogen-bond donors (Lipinski definition) is 2. The van der Waals surface area contributed by atoms with Crippen molar-refractivity contribution in [2.75, 3.05) is 0 Å². The molecule has 0 atom stereocenters. The van der Waals surface area contributed by atoms with Gasteiger partial charge in [-0.25, -0.2) is 0 Å². The van der Waals surface area contributed by atoms with E-state index in [9.17, 15) is 18.0 Å². The molecule has 6 heteroatoms. The molecule has 1 amide bonds. The Morgan fingerprint density at radius 1 is 1.26 bits per heavy atom. The van der Waals surface area contributed by atoms with Gasteiger partial charge < -0.3 is 11.1 Å². The monoisotopic (exact) mass is 272 g/mol. The number of amides is 1. The molecule has 3 N–H and O–H groups in total. The van der Waals surface area contributed by atoms with E-state index in [1.54, 1.807) is 0 Å². The quantitative estimate of drug-likeness (QED) is 0.886. The smallest absolute Gasteiger partial charge is 0.350 e. The van der Waals surface area contributed by atoms with Gasteiger partial charge in [0.15, 0.2) is 0 Å². The van der Waals surface area contributed by atoms with Gasteiger partial charge >= 0.3 is 6.18 Å². The molecule has 2 rings (SSSR count). The first-order valence-corrected chi connectivity index (χ1v) is 6.05. The maximum atomic E-state index is 12.4. The van der Waals surface area contributed by atoms with E-state index in [1.807, 2.05) is 0 Å². The van der Waals surface area contributed by atoms with Crippen molar-refractivity contribution in [2.24, 2.45) is 5.73 Å². The normalized spacial score (nSPS) is 17.7. The van der Waals surface area contributed by atoms with Crippen LogP contribution in [-0.4, -0.2) is 11.4 Å². The van der Waals surface area contributed by atoms with Crippen molar-refractivity contribution in [3.63, 3.8) is 0 Å². The summed E-state index contributed by atoms with van der Waals surface area (Å²) in [4.78, 5) is 11.7. The predicted octanol–water partition coefficient (Wildman–Crippen LogP) is 2.20. The molecular weight excluding hydrogens is 257 g/mol. The summed E-state index contributed by atoms with van der Waals surface area (Å²) < 4.78 is 37.1. The summed E-state index contributed by atoms with van der Waals surface area (Å²) >= 11 is 0. The van der Waals surface area contributed by atoms with Crippen LogP contribution in [0.3, 0.4) is 0 Å². The van der Waals surface area contributed by atoms with Crippen LogP contribution in [-0.2, 0) is 17.5 Å². The zero-order valence-corrected chi connectivity index (χ0v) is 10.3. The maximum Gasteiger partial charge on any atom is 0.416 e. The lowest BCUT2D eigenvalue weighted by atomic mass is 9.77. The third kappa shape index (κ3) is 3.07. The van der Waals surface area contributed by atoms with Crippen LogP contribution in [0.4, 0.5) is 13.2 Å². The van der Waals surface area contributed by atoms with Crippen LogP contribution in [0, 0.1) is 0 Å². The Kier molecular flexibility index (Phi) is 3.54. The molecule has 1 fully saturated rings.